The first-order valence-corrected chi connectivity index (χ1v) is 6.23. The van der Waals surface area contributed by atoms with Crippen LogP contribution in [-0.2, 0) is 4.79 Å². The molecule has 0 saturated carbocycles. The molecule has 0 radical (unpaired) electrons. The molecule has 0 aromatic heterocycles. The van der Waals surface area contributed by atoms with E-state index in [9.17, 15) is 4.79 Å². The summed E-state index contributed by atoms with van der Waals surface area (Å²) in [5, 5.41) is 11.8. The fourth-order valence-corrected chi connectivity index (χ4v) is 2.06. The molecule has 0 atom stereocenters. The van der Waals surface area contributed by atoms with E-state index < -0.39 is 5.91 Å². The van der Waals surface area contributed by atoms with Crippen LogP contribution in [0.4, 0.5) is 5.69 Å². The maximum absolute atomic E-state index is 12.0. The number of nitrogens with one attached hydrogen (secondary N) is 1. The van der Waals surface area contributed by atoms with Gasteiger partial charge in [0.1, 0.15) is 11.9 Å². The summed E-state index contributed by atoms with van der Waals surface area (Å²) in [6.07, 6.45) is 2.08. The number of nitrogens with two attached hydrogens (primary N) is 1. The molecule has 0 bridgehead atoms. The quantitative estimate of drug-likeness (QED) is 0.633. The first-order chi connectivity index (χ1) is 9.22. The van der Waals surface area contributed by atoms with Crippen molar-refractivity contribution in [2.75, 3.05) is 18.4 Å². The zero-order valence-electron chi connectivity index (χ0n) is 10.6. The fourth-order valence-electron chi connectivity index (χ4n) is 2.06. The molecule has 1 heterocycles. The lowest BCUT2D eigenvalue weighted by molar-refractivity contribution is -0.112. The molecule has 0 aliphatic carbocycles. The van der Waals surface area contributed by atoms with E-state index in [-0.39, 0.29) is 11.4 Å². The maximum Gasteiger partial charge on any atom is 0.270 e. The van der Waals surface area contributed by atoms with Gasteiger partial charge in [-0.1, -0.05) is 18.2 Å². The first kappa shape index (κ1) is 13.0. The minimum absolute atomic E-state index is 0.0225. The number of nitrogens with zero attached hydrogens (tertiary/aromatic N) is 2. The highest BCUT2D eigenvalue weighted by Gasteiger charge is 2.20. The van der Waals surface area contributed by atoms with Crippen molar-refractivity contribution in [3.05, 3.63) is 41.7 Å². The summed E-state index contributed by atoms with van der Waals surface area (Å²) in [5.74, 6) is -0.188. The molecule has 1 fully saturated rings. The van der Waals surface area contributed by atoms with Crippen molar-refractivity contribution < 1.29 is 4.79 Å². The molecule has 98 valence electrons. The number of rotatable bonds is 3. The molecule has 3 N–H and O–H groups in total. The number of hydrogen-bond donors (Lipinski definition) is 2. The van der Waals surface area contributed by atoms with Crippen LogP contribution < -0.4 is 11.1 Å². The molecule has 0 unspecified atom stereocenters. The number of carbonyl (C=O) groups is 1. The van der Waals surface area contributed by atoms with Crippen LogP contribution >= 0.6 is 0 Å². The van der Waals surface area contributed by atoms with Gasteiger partial charge in [-0.3, -0.25) is 4.79 Å². The van der Waals surface area contributed by atoms with Crippen LogP contribution in [0, 0.1) is 11.3 Å². The van der Waals surface area contributed by atoms with Crippen LogP contribution in [-0.4, -0.2) is 23.9 Å². The van der Waals surface area contributed by atoms with Gasteiger partial charge in [-0.2, -0.15) is 5.26 Å². The van der Waals surface area contributed by atoms with Gasteiger partial charge in [0, 0.05) is 18.8 Å². The van der Waals surface area contributed by atoms with Gasteiger partial charge in [0.25, 0.3) is 5.91 Å². The molecular formula is C14H16N4O. The summed E-state index contributed by atoms with van der Waals surface area (Å²) >= 11 is 0. The van der Waals surface area contributed by atoms with Gasteiger partial charge >= 0.3 is 0 Å². The van der Waals surface area contributed by atoms with Crippen LogP contribution in [0.15, 0.2) is 41.7 Å². The monoisotopic (exact) mass is 256 g/mol. The Hall–Kier alpha value is -2.48. The topological polar surface area (TPSA) is 82.1 Å². The highest BCUT2D eigenvalue weighted by atomic mass is 16.1. The van der Waals surface area contributed by atoms with Crippen molar-refractivity contribution in [2.45, 2.75) is 12.8 Å². The van der Waals surface area contributed by atoms with Crippen molar-refractivity contribution >= 4 is 11.6 Å². The Morgan fingerprint density at radius 3 is 2.47 bits per heavy atom. The summed E-state index contributed by atoms with van der Waals surface area (Å²) < 4.78 is 0. The third-order valence-electron chi connectivity index (χ3n) is 3.07. The number of hydrogen-bond acceptors (Lipinski definition) is 4. The van der Waals surface area contributed by atoms with Gasteiger partial charge in [-0.25, -0.2) is 0 Å². The van der Waals surface area contributed by atoms with Crippen LogP contribution in [0.2, 0.25) is 0 Å². The normalized spacial score (nSPS) is 15.6. The second-order valence-electron chi connectivity index (χ2n) is 4.39. The highest BCUT2D eigenvalue weighted by Crippen LogP contribution is 2.15. The Bertz CT molecular complexity index is 524. The molecule has 1 saturated heterocycles. The van der Waals surface area contributed by atoms with E-state index in [1.807, 2.05) is 29.2 Å². The zero-order chi connectivity index (χ0) is 13.7. The van der Waals surface area contributed by atoms with Gasteiger partial charge < -0.3 is 16.0 Å². The van der Waals surface area contributed by atoms with Gasteiger partial charge in [0.15, 0.2) is 5.57 Å². The lowest BCUT2D eigenvalue weighted by Crippen LogP contribution is -2.29. The number of benzene rings is 1. The summed E-state index contributed by atoms with van der Waals surface area (Å²) in [4.78, 5) is 13.9. The Balaban J connectivity index is 2.15. The van der Waals surface area contributed by atoms with Gasteiger partial charge in [-0.05, 0) is 25.0 Å². The molecule has 1 amide bonds. The number of carbonyl (C=O) groups excluding carboxylic acids is 1. The van der Waals surface area contributed by atoms with Crippen LogP contribution in [0.3, 0.4) is 0 Å². The van der Waals surface area contributed by atoms with E-state index >= 15 is 0 Å². The first-order valence-electron chi connectivity index (χ1n) is 6.23. The average molecular weight is 256 g/mol. The number of anilines is 1. The molecule has 5 heteroatoms. The molecule has 0 spiro atoms. The fraction of sp³-hybridized carbons (Fsp3) is 0.286. The molecule has 5 nitrogen and oxygen atoms in total. The molecule has 1 aromatic rings. The Morgan fingerprint density at radius 2 is 1.89 bits per heavy atom. The summed E-state index contributed by atoms with van der Waals surface area (Å²) in [5.41, 5.74) is 6.54. The second kappa shape index (κ2) is 5.91. The molecule has 2 rings (SSSR count). The van der Waals surface area contributed by atoms with Crippen LogP contribution in [0.1, 0.15) is 12.8 Å². The number of likely N-dealkylation sites (tertiary alicyclic amines) is 1. The number of para-hydroxylation sites is 1. The molecule has 1 aliphatic heterocycles. The van der Waals surface area contributed by atoms with E-state index in [0.29, 0.717) is 5.69 Å². The minimum atomic E-state index is -0.460. The van der Waals surface area contributed by atoms with Crippen molar-refractivity contribution in [3.8, 4) is 6.07 Å². The smallest absolute Gasteiger partial charge is 0.270 e. The van der Waals surface area contributed by atoms with E-state index in [1.54, 1.807) is 12.1 Å². The lowest BCUT2D eigenvalue weighted by Gasteiger charge is -2.18. The van der Waals surface area contributed by atoms with Crippen molar-refractivity contribution in [1.82, 2.24) is 4.90 Å². The van der Waals surface area contributed by atoms with E-state index in [1.165, 1.54) is 0 Å². The Labute approximate surface area is 112 Å². The SMILES string of the molecule is N#C/C(C(=O)Nc1ccccc1)=C(\N)N1CCCC1. The van der Waals surface area contributed by atoms with Gasteiger partial charge in [0.05, 0.1) is 0 Å². The standard InChI is InChI=1S/C14H16N4O/c15-10-12(13(16)18-8-4-5-9-18)14(19)17-11-6-2-1-3-7-11/h1-3,6-7H,4-5,8-9,16H2,(H,17,19)/b13-12-. The summed E-state index contributed by atoms with van der Waals surface area (Å²) in [6.45, 7) is 1.60. The lowest BCUT2D eigenvalue weighted by atomic mass is 10.2. The number of nitriles is 1. The van der Waals surface area contributed by atoms with Crippen molar-refractivity contribution in [2.24, 2.45) is 5.73 Å². The van der Waals surface area contributed by atoms with E-state index in [0.717, 1.165) is 25.9 Å². The van der Waals surface area contributed by atoms with E-state index in [4.69, 9.17) is 11.0 Å². The average Bonchev–Trinajstić information content (AvgIpc) is 2.94. The predicted octanol–water partition coefficient (Wildman–Crippen LogP) is 1.41. The predicted molar refractivity (Wildman–Crippen MR) is 72.7 cm³/mol. The third kappa shape index (κ3) is 3.05. The van der Waals surface area contributed by atoms with Crippen LogP contribution in [0.25, 0.3) is 0 Å². The summed E-state index contributed by atoms with van der Waals surface area (Å²) in [7, 11) is 0. The highest BCUT2D eigenvalue weighted by molar-refractivity contribution is 6.06. The summed E-state index contributed by atoms with van der Waals surface area (Å²) in [6, 6.07) is 10.9. The third-order valence-corrected chi connectivity index (χ3v) is 3.07. The zero-order valence-corrected chi connectivity index (χ0v) is 10.6. The van der Waals surface area contributed by atoms with Crippen LogP contribution in [0.5, 0.6) is 0 Å². The minimum Gasteiger partial charge on any atom is -0.384 e. The van der Waals surface area contributed by atoms with E-state index in [2.05, 4.69) is 5.32 Å². The molecular weight excluding hydrogens is 240 g/mol. The largest absolute Gasteiger partial charge is 0.384 e. The van der Waals surface area contributed by atoms with Crippen molar-refractivity contribution in [1.29, 1.82) is 5.26 Å². The second-order valence-corrected chi connectivity index (χ2v) is 4.39. The molecule has 1 aromatic carbocycles. The Morgan fingerprint density at radius 1 is 1.26 bits per heavy atom. The Kier molecular flexibility index (Phi) is 4.04. The maximum atomic E-state index is 12.0. The molecule has 1 aliphatic rings. The molecule has 19 heavy (non-hydrogen) atoms. The number of amides is 1. The van der Waals surface area contributed by atoms with Gasteiger partial charge in [0.2, 0.25) is 0 Å². The van der Waals surface area contributed by atoms with Gasteiger partial charge in [-0.15, -0.1) is 0 Å². The van der Waals surface area contributed by atoms with Crippen molar-refractivity contribution in [3.63, 3.8) is 0 Å².